The maximum absolute atomic E-state index is 12.8. The summed E-state index contributed by atoms with van der Waals surface area (Å²) in [4.78, 5) is 16.2. The number of thioether (sulfide) groups is 1. The molecule has 0 saturated heterocycles. The average Bonchev–Trinajstić information content (AvgIpc) is 3.40. The van der Waals surface area contributed by atoms with Crippen molar-refractivity contribution in [3.8, 4) is 5.75 Å². The Hall–Kier alpha value is -2.03. The maximum Gasteiger partial charge on any atom is 0.277 e. The monoisotopic (exact) mass is 449 g/mol. The highest BCUT2D eigenvalue weighted by Crippen LogP contribution is 2.35. The van der Waals surface area contributed by atoms with Gasteiger partial charge in [-0.15, -0.1) is 21.5 Å². The first-order valence-electron chi connectivity index (χ1n) is 9.33. The number of halogens is 1. The molecule has 0 radical (unpaired) electrons. The van der Waals surface area contributed by atoms with E-state index >= 15 is 0 Å². The van der Waals surface area contributed by atoms with Crippen LogP contribution in [0.3, 0.4) is 0 Å². The Kier molecular flexibility index (Phi) is 6.42. The van der Waals surface area contributed by atoms with Crippen LogP contribution in [-0.4, -0.2) is 33.3 Å². The Labute approximate surface area is 182 Å². The van der Waals surface area contributed by atoms with Crippen LogP contribution < -0.4 is 4.74 Å². The number of amides is 1. The molecule has 4 rings (SSSR count). The second-order valence-electron chi connectivity index (χ2n) is 6.55. The summed E-state index contributed by atoms with van der Waals surface area (Å²) in [7, 11) is 0. The van der Waals surface area contributed by atoms with E-state index in [9.17, 15) is 4.79 Å². The molecule has 29 heavy (non-hydrogen) atoms. The van der Waals surface area contributed by atoms with Gasteiger partial charge in [0.05, 0.1) is 11.8 Å². The predicted octanol–water partition coefficient (Wildman–Crippen LogP) is 4.99. The summed E-state index contributed by atoms with van der Waals surface area (Å²) < 4.78 is 11.2. The van der Waals surface area contributed by atoms with Gasteiger partial charge in [0.25, 0.3) is 11.1 Å². The summed E-state index contributed by atoms with van der Waals surface area (Å²) >= 11 is 8.90. The van der Waals surface area contributed by atoms with Crippen molar-refractivity contribution in [3.63, 3.8) is 0 Å². The first-order valence-corrected chi connectivity index (χ1v) is 11.6. The number of aromatic nitrogens is 2. The van der Waals surface area contributed by atoms with Gasteiger partial charge in [-0.25, -0.2) is 0 Å². The van der Waals surface area contributed by atoms with Gasteiger partial charge < -0.3 is 14.1 Å². The van der Waals surface area contributed by atoms with Crippen LogP contribution in [0, 0.1) is 0 Å². The lowest BCUT2D eigenvalue weighted by atomic mass is 9.98. The van der Waals surface area contributed by atoms with Crippen LogP contribution in [0.25, 0.3) is 0 Å². The van der Waals surface area contributed by atoms with Crippen molar-refractivity contribution in [2.75, 3.05) is 12.3 Å². The molecule has 152 valence electrons. The van der Waals surface area contributed by atoms with Gasteiger partial charge >= 0.3 is 0 Å². The second kappa shape index (κ2) is 9.19. The second-order valence-corrected chi connectivity index (χ2v) is 8.92. The molecule has 0 spiro atoms. The highest BCUT2D eigenvalue weighted by atomic mass is 35.5. The van der Waals surface area contributed by atoms with Gasteiger partial charge in [0, 0.05) is 16.4 Å². The molecule has 9 heteroatoms. The van der Waals surface area contributed by atoms with Crippen molar-refractivity contribution in [1.29, 1.82) is 0 Å². The zero-order chi connectivity index (χ0) is 20.2. The Bertz CT molecular complexity index is 974. The fourth-order valence-corrected chi connectivity index (χ4v) is 5.09. The van der Waals surface area contributed by atoms with Crippen LogP contribution in [0.5, 0.6) is 5.75 Å². The molecule has 0 aliphatic carbocycles. The molecule has 3 aromatic rings. The minimum absolute atomic E-state index is 0.0934. The molecular formula is C20H20ClN3O3S2. The van der Waals surface area contributed by atoms with E-state index in [1.165, 1.54) is 22.2 Å². The number of hydrogen-bond donors (Lipinski definition) is 0. The molecule has 0 N–H and O–H groups in total. The molecule has 0 bridgehead atoms. The fraction of sp³-hybridized carbons (Fsp3) is 0.350. The van der Waals surface area contributed by atoms with E-state index in [-0.39, 0.29) is 24.3 Å². The van der Waals surface area contributed by atoms with E-state index in [4.69, 9.17) is 20.8 Å². The third-order valence-corrected chi connectivity index (χ3v) is 6.80. The quantitative estimate of drug-likeness (QED) is 0.473. The maximum atomic E-state index is 12.8. The van der Waals surface area contributed by atoms with Gasteiger partial charge in [0.1, 0.15) is 5.75 Å². The molecule has 1 unspecified atom stereocenters. The smallest absolute Gasteiger partial charge is 0.277 e. The molecule has 1 atom stereocenters. The Morgan fingerprint density at radius 1 is 1.34 bits per heavy atom. The fourth-order valence-electron chi connectivity index (χ4n) is 3.37. The Balaban J connectivity index is 1.30. The van der Waals surface area contributed by atoms with E-state index in [0.29, 0.717) is 21.9 Å². The summed E-state index contributed by atoms with van der Waals surface area (Å²) in [6, 6.07) is 9.35. The van der Waals surface area contributed by atoms with Crippen LogP contribution in [0.2, 0.25) is 5.02 Å². The first-order chi connectivity index (χ1) is 14.1. The Morgan fingerprint density at radius 2 is 2.17 bits per heavy atom. The third-order valence-electron chi connectivity index (χ3n) is 4.75. The number of ether oxygens (including phenoxy) is 1. The van der Waals surface area contributed by atoms with Gasteiger partial charge in [-0.3, -0.25) is 4.79 Å². The molecule has 0 saturated carbocycles. The van der Waals surface area contributed by atoms with E-state index in [1.54, 1.807) is 35.6 Å². The van der Waals surface area contributed by atoms with Gasteiger partial charge in [-0.05, 0) is 54.1 Å². The van der Waals surface area contributed by atoms with Gasteiger partial charge in [0.15, 0.2) is 6.61 Å². The number of nitrogens with zero attached hydrogens (tertiary/aromatic N) is 3. The average molecular weight is 450 g/mol. The summed E-state index contributed by atoms with van der Waals surface area (Å²) in [5.74, 6) is 1.40. The molecule has 1 amide bonds. The van der Waals surface area contributed by atoms with Crippen molar-refractivity contribution < 1.29 is 13.9 Å². The summed E-state index contributed by atoms with van der Waals surface area (Å²) in [5.41, 5.74) is 1.29. The van der Waals surface area contributed by atoms with Gasteiger partial charge in [-0.1, -0.05) is 30.3 Å². The molecular weight excluding hydrogens is 430 g/mol. The number of carbonyl (C=O) groups is 1. The molecule has 3 heterocycles. The number of carbonyl (C=O) groups excluding carboxylic acids is 1. The lowest BCUT2D eigenvalue weighted by Crippen LogP contribution is -2.40. The Morgan fingerprint density at radius 3 is 2.97 bits per heavy atom. The van der Waals surface area contributed by atoms with Crippen LogP contribution in [0.4, 0.5) is 0 Å². The van der Waals surface area contributed by atoms with E-state index in [1.807, 2.05) is 4.90 Å². The molecule has 1 aliphatic rings. The zero-order valence-corrected chi connectivity index (χ0v) is 18.2. The van der Waals surface area contributed by atoms with E-state index in [2.05, 4.69) is 28.6 Å². The van der Waals surface area contributed by atoms with Crippen LogP contribution in [-0.2, 0) is 17.8 Å². The number of rotatable bonds is 7. The standard InChI is InChI=1S/C20H20ClN3O3S2/c1-2-16-15-8-10-28-17(15)7-9-24(16)19(25)12-29-20-23-22-18(27-20)11-26-14-5-3-13(21)4-6-14/h3-6,8,10,16H,2,7,9,11-12H2,1H3. The third kappa shape index (κ3) is 4.76. The van der Waals surface area contributed by atoms with Crippen molar-refractivity contribution in [2.45, 2.75) is 37.6 Å². The van der Waals surface area contributed by atoms with Crippen molar-refractivity contribution in [2.24, 2.45) is 0 Å². The minimum atomic E-state index is 0.0934. The lowest BCUT2D eigenvalue weighted by molar-refractivity contribution is -0.131. The molecule has 0 fully saturated rings. The first kappa shape index (κ1) is 20.3. The van der Waals surface area contributed by atoms with E-state index < -0.39 is 0 Å². The van der Waals surface area contributed by atoms with Gasteiger partial charge in [0.2, 0.25) is 5.91 Å². The number of fused-ring (bicyclic) bond motifs is 1. The highest BCUT2D eigenvalue weighted by molar-refractivity contribution is 7.99. The van der Waals surface area contributed by atoms with Crippen LogP contribution in [0.15, 0.2) is 45.4 Å². The van der Waals surface area contributed by atoms with Crippen molar-refractivity contribution >= 4 is 40.6 Å². The largest absolute Gasteiger partial charge is 0.484 e. The predicted molar refractivity (Wildman–Crippen MR) is 114 cm³/mol. The van der Waals surface area contributed by atoms with Crippen LogP contribution in [0.1, 0.15) is 35.7 Å². The summed E-state index contributed by atoms with van der Waals surface area (Å²) in [6.07, 6.45) is 1.83. The topological polar surface area (TPSA) is 68.5 Å². The number of benzene rings is 1. The van der Waals surface area contributed by atoms with Crippen molar-refractivity contribution in [1.82, 2.24) is 15.1 Å². The minimum Gasteiger partial charge on any atom is -0.484 e. The molecule has 2 aromatic heterocycles. The molecule has 1 aliphatic heterocycles. The summed E-state index contributed by atoms with van der Waals surface area (Å²) in [6.45, 7) is 3.04. The normalized spacial score (nSPS) is 15.9. The van der Waals surface area contributed by atoms with Crippen molar-refractivity contribution in [3.05, 3.63) is 57.1 Å². The molecule has 1 aromatic carbocycles. The molecule has 6 nitrogen and oxygen atoms in total. The van der Waals surface area contributed by atoms with E-state index in [0.717, 1.165) is 19.4 Å². The highest BCUT2D eigenvalue weighted by Gasteiger charge is 2.30. The number of hydrogen-bond acceptors (Lipinski definition) is 7. The lowest BCUT2D eigenvalue weighted by Gasteiger charge is -2.35. The van der Waals surface area contributed by atoms with Gasteiger partial charge in [-0.2, -0.15) is 0 Å². The van der Waals surface area contributed by atoms with Crippen LogP contribution >= 0.6 is 34.7 Å². The SMILES string of the molecule is CCC1c2ccsc2CCN1C(=O)CSc1nnc(COc2ccc(Cl)cc2)o1. The zero-order valence-electron chi connectivity index (χ0n) is 15.8. The number of thiophene rings is 1. The summed E-state index contributed by atoms with van der Waals surface area (Å²) in [5, 5.41) is 11.1.